The van der Waals surface area contributed by atoms with Gasteiger partial charge in [0.05, 0.1) is 11.5 Å². The van der Waals surface area contributed by atoms with E-state index in [0.717, 1.165) is 5.56 Å². The van der Waals surface area contributed by atoms with Crippen molar-refractivity contribution >= 4 is 29.3 Å². The maximum absolute atomic E-state index is 13.6. The number of rotatable bonds is 7. The number of benzene rings is 1. The van der Waals surface area contributed by atoms with Crippen molar-refractivity contribution in [1.29, 1.82) is 0 Å². The molecule has 1 saturated carbocycles. The highest BCUT2D eigenvalue weighted by Gasteiger charge is 2.65. The van der Waals surface area contributed by atoms with Gasteiger partial charge in [-0.1, -0.05) is 70.3 Å². The van der Waals surface area contributed by atoms with E-state index in [0.29, 0.717) is 5.56 Å². The molecule has 1 aliphatic carbocycles. The minimum Gasteiger partial charge on any atom is -0.461 e. The number of hydrogen-bond acceptors (Lipinski definition) is 7. The van der Waals surface area contributed by atoms with Crippen molar-refractivity contribution in [3.63, 3.8) is 0 Å². The first-order valence-electron chi connectivity index (χ1n) is 11.6. The lowest BCUT2D eigenvalue weighted by Crippen LogP contribution is -2.70. The molecule has 5 atom stereocenters. The van der Waals surface area contributed by atoms with Gasteiger partial charge < -0.3 is 19.9 Å². The number of carbonyl (C=O) groups is 2. The van der Waals surface area contributed by atoms with Crippen molar-refractivity contribution in [3.8, 4) is 0 Å². The van der Waals surface area contributed by atoms with Gasteiger partial charge in [0.2, 0.25) is 0 Å². The molecule has 0 aromatic heterocycles. The van der Waals surface area contributed by atoms with Crippen molar-refractivity contribution in [3.05, 3.63) is 60.7 Å². The Labute approximate surface area is 212 Å². The SMILES string of the molecule is C=CCOC(=O)[C@@H]1[C@H](c2ccc(C(C)(C)C)cc2)[C@H](C(=O)OCC=C)[C@](C)(O)C[C@@]12NNC(=S)N2. The normalized spacial score (nSPS) is 30.2. The van der Waals surface area contributed by atoms with E-state index < -0.39 is 41.0 Å². The van der Waals surface area contributed by atoms with Crippen LogP contribution in [-0.2, 0) is 24.5 Å². The zero-order valence-electron chi connectivity index (χ0n) is 20.7. The van der Waals surface area contributed by atoms with Gasteiger partial charge in [0.25, 0.3) is 0 Å². The summed E-state index contributed by atoms with van der Waals surface area (Å²) in [5.74, 6) is -3.99. The highest BCUT2D eigenvalue weighted by molar-refractivity contribution is 7.80. The van der Waals surface area contributed by atoms with Gasteiger partial charge in [-0.05, 0) is 35.7 Å². The summed E-state index contributed by atoms with van der Waals surface area (Å²) in [4.78, 5) is 26.9. The van der Waals surface area contributed by atoms with Gasteiger partial charge in [0.1, 0.15) is 24.8 Å². The predicted molar refractivity (Wildman–Crippen MR) is 137 cm³/mol. The molecule has 8 nitrogen and oxygen atoms in total. The minimum absolute atomic E-state index is 0.000933. The standard InChI is InChI=1S/C26H35N3O5S/c1-7-13-33-21(30)19-18(16-9-11-17(12-10-16)24(3,4)5)20(22(31)34-14-8-2)26(15-25(19,6)32)27-23(35)28-29-26/h7-12,18-20,29,32H,1-2,13-15H2,3-6H3,(H2,27,28,35)/t18-,19-,20+,25-,26-/m1/s1. The van der Waals surface area contributed by atoms with Gasteiger partial charge in [0, 0.05) is 12.3 Å². The lowest BCUT2D eigenvalue weighted by Gasteiger charge is -2.52. The van der Waals surface area contributed by atoms with Crippen LogP contribution >= 0.6 is 12.2 Å². The molecule has 0 amide bonds. The second-order valence-corrected chi connectivity index (χ2v) is 10.8. The fourth-order valence-corrected chi connectivity index (χ4v) is 5.38. The quantitative estimate of drug-likeness (QED) is 0.255. The molecule has 0 radical (unpaired) electrons. The van der Waals surface area contributed by atoms with Crippen LogP contribution in [0.15, 0.2) is 49.6 Å². The molecule has 3 rings (SSSR count). The highest BCUT2D eigenvalue weighted by Crippen LogP contribution is 2.52. The summed E-state index contributed by atoms with van der Waals surface area (Å²) in [5.41, 5.74) is 4.83. The summed E-state index contributed by atoms with van der Waals surface area (Å²) in [6.45, 7) is 15.1. The first-order chi connectivity index (χ1) is 16.4. The van der Waals surface area contributed by atoms with Crippen LogP contribution in [-0.4, -0.2) is 46.6 Å². The number of ether oxygens (including phenoxy) is 2. The van der Waals surface area contributed by atoms with Crippen LogP contribution in [0.5, 0.6) is 0 Å². The molecule has 1 aromatic carbocycles. The lowest BCUT2D eigenvalue weighted by molar-refractivity contribution is -0.179. The summed E-state index contributed by atoms with van der Waals surface area (Å²) in [7, 11) is 0. The van der Waals surface area contributed by atoms with Gasteiger partial charge in [-0.15, -0.1) is 0 Å². The van der Waals surface area contributed by atoms with Crippen LogP contribution in [0.25, 0.3) is 0 Å². The van der Waals surface area contributed by atoms with Crippen molar-refractivity contribution < 1.29 is 24.2 Å². The Hall–Kier alpha value is -2.75. The number of hydrogen-bond donors (Lipinski definition) is 4. The second-order valence-electron chi connectivity index (χ2n) is 10.4. The number of aliphatic hydroxyl groups is 1. The summed E-state index contributed by atoms with van der Waals surface area (Å²) in [5, 5.41) is 15.1. The van der Waals surface area contributed by atoms with Crippen molar-refractivity contribution in [2.45, 2.75) is 56.7 Å². The first kappa shape index (κ1) is 26.8. The molecule has 35 heavy (non-hydrogen) atoms. The molecule has 0 unspecified atom stereocenters. The molecule has 1 aliphatic heterocycles. The van der Waals surface area contributed by atoms with E-state index in [9.17, 15) is 14.7 Å². The number of carbonyl (C=O) groups excluding carboxylic acids is 2. The predicted octanol–water partition coefficient (Wildman–Crippen LogP) is 2.59. The van der Waals surface area contributed by atoms with E-state index >= 15 is 0 Å². The maximum Gasteiger partial charge on any atom is 0.313 e. The van der Waals surface area contributed by atoms with E-state index in [1.807, 2.05) is 24.3 Å². The molecule has 9 heteroatoms. The van der Waals surface area contributed by atoms with E-state index in [2.05, 4.69) is 50.1 Å². The lowest BCUT2D eigenvalue weighted by atomic mass is 9.58. The molecule has 2 aliphatic rings. The van der Waals surface area contributed by atoms with E-state index in [4.69, 9.17) is 21.7 Å². The number of nitrogens with one attached hydrogen (secondary N) is 3. The molecular weight excluding hydrogens is 466 g/mol. The topological polar surface area (TPSA) is 109 Å². The molecule has 0 bridgehead atoms. The molecule has 1 saturated heterocycles. The van der Waals surface area contributed by atoms with Gasteiger partial charge in [0.15, 0.2) is 5.11 Å². The van der Waals surface area contributed by atoms with E-state index in [-0.39, 0.29) is 30.2 Å². The van der Waals surface area contributed by atoms with Crippen LogP contribution in [0.4, 0.5) is 0 Å². The molecule has 1 spiro atoms. The molecule has 1 aromatic rings. The Morgan fingerprint density at radius 2 is 1.66 bits per heavy atom. The largest absolute Gasteiger partial charge is 0.461 e. The highest BCUT2D eigenvalue weighted by atomic mass is 32.1. The average Bonchev–Trinajstić information content (AvgIpc) is 3.14. The van der Waals surface area contributed by atoms with E-state index in [1.165, 1.54) is 12.2 Å². The van der Waals surface area contributed by atoms with Crippen molar-refractivity contribution in [2.24, 2.45) is 11.8 Å². The molecule has 1 heterocycles. The maximum atomic E-state index is 13.6. The second kappa shape index (κ2) is 10.1. The minimum atomic E-state index is -1.57. The Balaban J connectivity index is 2.20. The van der Waals surface area contributed by atoms with Crippen LogP contribution in [0.2, 0.25) is 0 Å². The molecule has 190 valence electrons. The Kier molecular flexibility index (Phi) is 7.74. The van der Waals surface area contributed by atoms with Crippen LogP contribution in [0.3, 0.4) is 0 Å². The third-order valence-corrected chi connectivity index (χ3v) is 6.85. The van der Waals surface area contributed by atoms with Gasteiger partial charge >= 0.3 is 11.9 Å². The van der Waals surface area contributed by atoms with Crippen molar-refractivity contribution in [1.82, 2.24) is 16.2 Å². The number of esters is 2. The Bertz CT molecular complexity index is 1000. The van der Waals surface area contributed by atoms with Crippen molar-refractivity contribution in [2.75, 3.05) is 13.2 Å². The zero-order valence-corrected chi connectivity index (χ0v) is 21.5. The molecular formula is C26H35N3O5S. The Morgan fingerprint density at radius 1 is 1.11 bits per heavy atom. The summed E-state index contributed by atoms with van der Waals surface area (Å²) in [6, 6.07) is 7.73. The summed E-state index contributed by atoms with van der Waals surface area (Å²) in [6.07, 6.45) is 2.92. The van der Waals surface area contributed by atoms with Gasteiger partial charge in [-0.3, -0.25) is 15.0 Å². The average molecular weight is 502 g/mol. The molecule has 2 fully saturated rings. The Morgan fingerprint density at radius 3 is 2.11 bits per heavy atom. The zero-order chi connectivity index (χ0) is 26.0. The first-order valence-corrected chi connectivity index (χ1v) is 12.0. The number of hydrazine groups is 1. The number of thiocarbonyl (C=S) groups is 1. The van der Waals surface area contributed by atoms with Crippen LogP contribution < -0.4 is 16.2 Å². The van der Waals surface area contributed by atoms with Gasteiger partial charge in [-0.25, -0.2) is 5.43 Å². The third-order valence-electron chi connectivity index (χ3n) is 6.65. The third kappa shape index (κ3) is 5.42. The smallest absolute Gasteiger partial charge is 0.313 e. The fraction of sp³-hybridized carbons (Fsp3) is 0.500. The van der Waals surface area contributed by atoms with Crippen LogP contribution in [0.1, 0.15) is 51.2 Å². The monoisotopic (exact) mass is 501 g/mol. The van der Waals surface area contributed by atoms with Gasteiger partial charge in [-0.2, -0.15) is 0 Å². The summed E-state index contributed by atoms with van der Waals surface area (Å²) >= 11 is 5.29. The van der Waals surface area contributed by atoms with E-state index in [1.54, 1.807) is 6.92 Å². The fourth-order valence-electron chi connectivity index (χ4n) is 5.15. The molecule has 4 N–H and O–H groups in total. The summed E-state index contributed by atoms with van der Waals surface area (Å²) < 4.78 is 10.9. The van der Waals surface area contributed by atoms with Crippen LogP contribution in [0, 0.1) is 11.8 Å².